The van der Waals surface area contributed by atoms with Crippen LogP contribution in [0.15, 0.2) is 28.8 Å². The third-order valence-electron chi connectivity index (χ3n) is 4.71. The Bertz CT molecular complexity index is 726. The van der Waals surface area contributed by atoms with Crippen LogP contribution in [0.5, 0.6) is 0 Å². The fourth-order valence-corrected chi connectivity index (χ4v) is 3.10. The predicted octanol–water partition coefficient (Wildman–Crippen LogP) is 2.10. The summed E-state index contributed by atoms with van der Waals surface area (Å²) in [6.07, 6.45) is 2.55. The SMILES string of the molecule is CCc1noc(CCCC(=O)NCc2ccccc2CN2CCOCC2)n1. The van der Waals surface area contributed by atoms with Gasteiger partial charge in [-0.25, -0.2) is 0 Å². The normalized spacial score (nSPS) is 15.0. The first kappa shape index (κ1) is 19.5. The largest absolute Gasteiger partial charge is 0.379 e. The van der Waals surface area contributed by atoms with E-state index in [9.17, 15) is 4.79 Å². The highest BCUT2D eigenvalue weighted by atomic mass is 16.5. The smallest absolute Gasteiger partial charge is 0.226 e. The Morgan fingerprint density at radius 2 is 2.00 bits per heavy atom. The Labute approximate surface area is 160 Å². The number of nitrogens with zero attached hydrogens (tertiary/aromatic N) is 3. The molecule has 1 amide bonds. The summed E-state index contributed by atoms with van der Waals surface area (Å²) in [7, 11) is 0. The summed E-state index contributed by atoms with van der Waals surface area (Å²) in [5.74, 6) is 1.37. The number of nitrogens with one attached hydrogen (secondary N) is 1. The van der Waals surface area contributed by atoms with E-state index in [0.29, 0.717) is 37.5 Å². The highest BCUT2D eigenvalue weighted by Gasteiger charge is 2.13. The number of morpholine rings is 1. The van der Waals surface area contributed by atoms with Gasteiger partial charge in [-0.2, -0.15) is 4.98 Å². The van der Waals surface area contributed by atoms with E-state index < -0.39 is 0 Å². The summed E-state index contributed by atoms with van der Waals surface area (Å²) < 4.78 is 10.6. The average molecular weight is 372 g/mol. The van der Waals surface area contributed by atoms with Crippen LogP contribution in [0.25, 0.3) is 0 Å². The number of amides is 1. The quantitative estimate of drug-likeness (QED) is 0.726. The van der Waals surface area contributed by atoms with E-state index >= 15 is 0 Å². The number of aromatic nitrogens is 2. The maximum atomic E-state index is 12.2. The lowest BCUT2D eigenvalue weighted by Gasteiger charge is -2.27. The van der Waals surface area contributed by atoms with E-state index in [2.05, 4.69) is 38.6 Å². The lowest BCUT2D eigenvalue weighted by molar-refractivity contribution is -0.121. The maximum Gasteiger partial charge on any atom is 0.226 e. The number of rotatable bonds is 9. The van der Waals surface area contributed by atoms with Crippen LogP contribution >= 0.6 is 0 Å². The number of benzene rings is 1. The number of aryl methyl sites for hydroxylation is 2. The molecule has 7 heteroatoms. The standard InChI is InChI=1S/C20H28N4O3/c1-2-18-22-20(27-23-18)9-5-8-19(25)21-14-16-6-3-4-7-17(16)15-24-10-12-26-13-11-24/h3-4,6-7H,2,5,8-15H2,1H3,(H,21,25). The fourth-order valence-electron chi connectivity index (χ4n) is 3.10. The van der Waals surface area contributed by atoms with Gasteiger partial charge in [0.1, 0.15) is 0 Å². The van der Waals surface area contributed by atoms with E-state index in [0.717, 1.165) is 39.3 Å². The van der Waals surface area contributed by atoms with Gasteiger partial charge in [-0.1, -0.05) is 36.3 Å². The number of carbonyl (C=O) groups is 1. The van der Waals surface area contributed by atoms with Crippen LogP contribution in [0, 0.1) is 0 Å². The van der Waals surface area contributed by atoms with E-state index in [1.165, 1.54) is 11.1 Å². The molecule has 7 nitrogen and oxygen atoms in total. The molecule has 0 bridgehead atoms. The van der Waals surface area contributed by atoms with Crippen molar-refractivity contribution >= 4 is 5.91 Å². The van der Waals surface area contributed by atoms with Gasteiger partial charge < -0.3 is 14.6 Å². The van der Waals surface area contributed by atoms with Gasteiger partial charge in [0.25, 0.3) is 0 Å². The van der Waals surface area contributed by atoms with Crippen LogP contribution in [-0.4, -0.2) is 47.3 Å². The van der Waals surface area contributed by atoms with Crippen molar-refractivity contribution in [3.63, 3.8) is 0 Å². The summed E-state index contributed by atoms with van der Waals surface area (Å²) in [6, 6.07) is 8.29. The molecule has 1 aromatic carbocycles. The molecule has 1 saturated heterocycles. The Hall–Kier alpha value is -2.25. The Morgan fingerprint density at radius 1 is 1.22 bits per heavy atom. The van der Waals surface area contributed by atoms with Gasteiger partial charge in [-0.3, -0.25) is 9.69 Å². The maximum absolute atomic E-state index is 12.2. The lowest BCUT2D eigenvalue weighted by Crippen LogP contribution is -2.36. The van der Waals surface area contributed by atoms with Crippen molar-refractivity contribution in [2.24, 2.45) is 0 Å². The summed E-state index contributed by atoms with van der Waals surface area (Å²) in [5, 5.41) is 6.90. The molecule has 1 aliphatic heterocycles. The van der Waals surface area contributed by atoms with Crippen LogP contribution in [-0.2, 0) is 35.5 Å². The van der Waals surface area contributed by atoms with Crippen LogP contribution in [0.3, 0.4) is 0 Å². The average Bonchev–Trinajstić information content (AvgIpc) is 3.16. The van der Waals surface area contributed by atoms with Crippen molar-refractivity contribution in [1.29, 1.82) is 0 Å². The second kappa shape index (κ2) is 10.2. The van der Waals surface area contributed by atoms with Gasteiger partial charge in [-0.05, 0) is 17.5 Å². The van der Waals surface area contributed by atoms with E-state index in [1.54, 1.807) is 0 Å². The van der Waals surface area contributed by atoms with Crippen molar-refractivity contribution in [2.75, 3.05) is 26.3 Å². The molecule has 27 heavy (non-hydrogen) atoms. The second-order valence-electron chi connectivity index (χ2n) is 6.75. The molecular weight excluding hydrogens is 344 g/mol. The summed E-state index contributed by atoms with van der Waals surface area (Å²) in [5.41, 5.74) is 2.43. The summed E-state index contributed by atoms with van der Waals surface area (Å²) >= 11 is 0. The molecule has 1 N–H and O–H groups in total. The highest BCUT2D eigenvalue weighted by Crippen LogP contribution is 2.13. The molecule has 2 aromatic rings. The van der Waals surface area contributed by atoms with Gasteiger partial charge in [-0.15, -0.1) is 0 Å². The molecule has 0 atom stereocenters. The van der Waals surface area contributed by atoms with Crippen LogP contribution in [0.2, 0.25) is 0 Å². The van der Waals surface area contributed by atoms with Crippen molar-refractivity contribution in [3.05, 3.63) is 47.1 Å². The molecule has 0 spiro atoms. The van der Waals surface area contributed by atoms with Crippen LogP contribution in [0.1, 0.15) is 42.6 Å². The van der Waals surface area contributed by atoms with E-state index in [4.69, 9.17) is 9.26 Å². The second-order valence-corrected chi connectivity index (χ2v) is 6.75. The molecule has 1 fully saturated rings. The summed E-state index contributed by atoms with van der Waals surface area (Å²) in [6.45, 7) is 6.93. The van der Waals surface area contributed by atoms with Crippen molar-refractivity contribution < 1.29 is 14.1 Å². The minimum absolute atomic E-state index is 0.0476. The van der Waals surface area contributed by atoms with Crippen LogP contribution in [0.4, 0.5) is 0 Å². The van der Waals surface area contributed by atoms with E-state index in [1.807, 2.05) is 13.0 Å². The molecule has 0 unspecified atom stereocenters. The third kappa shape index (κ3) is 6.15. The Kier molecular flexibility index (Phi) is 7.36. The molecule has 2 heterocycles. The molecule has 0 radical (unpaired) electrons. The van der Waals surface area contributed by atoms with Gasteiger partial charge in [0.05, 0.1) is 13.2 Å². The number of hydrogen-bond acceptors (Lipinski definition) is 6. The molecule has 146 valence electrons. The van der Waals surface area contributed by atoms with Gasteiger partial charge in [0.2, 0.25) is 11.8 Å². The minimum Gasteiger partial charge on any atom is -0.379 e. The molecule has 3 rings (SSSR count). The molecular formula is C20H28N4O3. The predicted molar refractivity (Wildman–Crippen MR) is 101 cm³/mol. The zero-order chi connectivity index (χ0) is 18.9. The van der Waals surface area contributed by atoms with Crippen molar-refractivity contribution in [3.8, 4) is 0 Å². The molecule has 1 aromatic heterocycles. The number of hydrogen-bond donors (Lipinski definition) is 1. The molecule has 0 saturated carbocycles. The number of carbonyl (C=O) groups excluding carboxylic acids is 1. The van der Waals surface area contributed by atoms with Crippen LogP contribution < -0.4 is 5.32 Å². The van der Waals surface area contributed by atoms with Gasteiger partial charge in [0.15, 0.2) is 5.82 Å². The van der Waals surface area contributed by atoms with Gasteiger partial charge in [0, 0.05) is 45.4 Å². The molecule has 0 aliphatic carbocycles. The first-order valence-corrected chi connectivity index (χ1v) is 9.69. The third-order valence-corrected chi connectivity index (χ3v) is 4.71. The molecule has 1 aliphatic rings. The fraction of sp³-hybridized carbons (Fsp3) is 0.550. The summed E-state index contributed by atoms with van der Waals surface area (Å²) in [4.78, 5) is 18.8. The number of ether oxygens (including phenoxy) is 1. The lowest BCUT2D eigenvalue weighted by atomic mass is 10.1. The topological polar surface area (TPSA) is 80.5 Å². The Morgan fingerprint density at radius 3 is 2.74 bits per heavy atom. The van der Waals surface area contributed by atoms with E-state index in [-0.39, 0.29) is 5.91 Å². The first-order valence-electron chi connectivity index (χ1n) is 9.69. The van der Waals surface area contributed by atoms with Crippen molar-refractivity contribution in [2.45, 2.75) is 45.7 Å². The zero-order valence-electron chi connectivity index (χ0n) is 15.9. The van der Waals surface area contributed by atoms with Crippen molar-refractivity contribution in [1.82, 2.24) is 20.4 Å². The first-order chi connectivity index (χ1) is 13.2. The Balaban J connectivity index is 1.42. The minimum atomic E-state index is 0.0476. The highest BCUT2D eigenvalue weighted by molar-refractivity contribution is 5.75. The zero-order valence-corrected chi connectivity index (χ0v) is 15.9. The monoisotopic (exact) mass is 372 g/mol. The van der Waals surface area contributed by atoms with Gasteiger partial charge >= 0.3 is 0 Å².